The number of benzene rings is 1. The molecule has 1 heterocycles. The molecule has 0 unspecified atom stereocenters. The van der Waals surface area contributed by atoms with Gasteiger partial charge < -0.3 is 13.9 Å². The Bertz CT molecular complexity index is 718. The van der Waals surface area contributed by atoms with Crippen LogP contribution in [0.5, 0.6) is 5.75 Å². The number of rotatable bonds is 9. The second-order valence-electron chi connectivity index (χ2n) is 5.38. The zero-order valence-corrected chi connectivity index (χ0v) is 14.0. The zero-order chi connectivity index (χ0) is 17.4. The summed E-state index contributed by atoms with van der Waals surface area (Å²) in [6, 6.07) is 10.8. The lowest BCUT2D eigenvalue weighted by Gasteiger charge is -2.10. The van der Waals surface area contributed by atoms with E-state index in [1.54, 1.807) is 7.11 Å². The molecule has 5 heteroatoms. The molecule has 5 nitrogen and oxygen atoms in total. The van der Waals surface area contributed by atoms with Crippen LogP contribution in [0.2, 0.25) is 0 Å². The third-order valence-electron chi connectivity index (χ3n) is 3.54. The summed E-state index contributed by atoms with van der Waals surface area (Å²) >= 11 is 0. The van der Waals surface area contributed by atoms with Crippen molar-refractivity contribution in [3.05, 3.63) is 63.7 Å². The van der Waals surface area contributed by atoms with Gasteiger partial charge in [-0.05, 0) is 12.0 Å². The number of ketones is 1. The van der Waals surface area contributed by atoms with Crippen molar-refractivity contribution >= 4 is 5.78 Å². The highest BCUT2D eigenvalue weighted by Crippen LogP contribution is 2.20. The van der Waals surface area contributed by atoms with E-state index >= 15 is 0 Å². The maximum Gasteiger partial charge on any atom is 0.227 e. The summed E-state index contributed by atoms with van der Waals surface area (Å²) in [5, 5.41) is 0. The van der Waals surface area contributed by atoms with Gasteiger partial charge >= 0.3 is 0 Å². The first-order valence-corrected chi connectivity index (χ1v) is 8.01. The first-order chi connectivity index (χ1) is 11.7. The fraction of sp³-hybridized carbons (Fsp3) is 0.368. The maximum atomic E-state index is 12.4. The molecule has 2 rings (SSSR count). The fourth-order valence-corrected chi connectivity index (χ4v) is 2.25. The van der Waals surface area contributed by atoms with Crippen molar-refractivity contribution in [3.63, 3.8) is 0 Å². The number of Topliss-reactive ketones (excluding diaryl/α,β-unsaturated/α-hetero) is 1. The summed E-state index contributed by atoms with van der Waals surface area (Å²) < 4.78 is 16.2. The molecule has 0 aliphatic heterocycles. The number of aryl methyl sites for hydroxylation is 1. The molecule has 2 aromatic rings. The molecule has 0 radical (unpaired) electrons. The van der Waals surface area contributed by atoms with Gasteiger partial charge in [0.1, 0.15) is 12.4 Å². The van der Waals surface area contributed by atoms with Gasteiger partial charge in [-0.25, -0.2) is 0 Å². The van der Waals surface area contributed by atoms with Crippen molar-refractivity contribution in [1.82, 2.24) is 0 Å². The van der Waals surface area contributed by atoms with Gasteiger partial charge in [-0.3, -0.25) is 9.59 Å². The van der Waals surface area contributed by atoms with Crippen LogP contribution in [-0.4, -0.2) is 19.5 Å². The van der Waals surface area contributed by atoms with Crippen LogP contribution in [0.1, 0.15) is 41.6 Å². The fourth-order valence-electron chi connectivity index (χ4n) is 2.25. The predicted molar refractivity (Wildman–Crippen MR) is 90.6 cm³/mol. The standard InChI is InChI=1S/C19H22O5/c1-3-15-12-17(21)18(23-13-14-8-5-4-6-9-14)19(24-15)16(20)10-7-11-22-2/h4-6,8-9,12H,3,7,10-11,13H2,1-2H3. The average Bonchev–Trinajstić information content (AvgIpc) is 2.61. The van der Waals surface area contributed by atoms with Gasteiger partial charge in [-0.2, -0.15) is 0 Å². The van der Waals surface area contributed by atoms with E-state index in [-0.39, 0.29) is 35.7 Å². The van der Waals surface area contributed by atoms with Gasteiger partial charge in [0.15, 0.2) is 0 Å². The summed E-state index contributed by atoms with van der Waals surface area (Å²) in [5.41, 5.74) is 0.582. The number of carbonyl (C=O) groups excluding carboxylic acids is 1. The van der Waals surface area contributed by atoms with Crippen LogP contribution in [-0.2, 0) is 17.8 Å². The van der Waals surface area contributed by atoms with E-state index in [0.29, 0.717) is 25.2 Å². The van der Waals surface area contributed by atoms with E-state index in [4.69, 9.17) is 13.9 Å². The number of carbonyl (C=O) groups is 1. The van der Waals surface area contributed by atoms with Crippen molar-refractivity contribution < 1.29 is 18.7 Å². The average molecular weight is 330 g/mol. The van der Waals surface area contributed by atoms with Gasteiger partial charge in [0.2, 0.25) is 22.7 Å². The molecule has 1 aromatic carbocycles. The van der Waals surface area contributed by atoms with Crippen molar-refractivity contribution in [3.8, 4) is 5.75 Å². The first kappa shape index (κ1) is 17.9. The van der Waals surface area contributed by atoms with Gasteiger partial charge in [-0.15, -0.1) is 0 Å². The molecular weight excluding hydrogens is 308 g/mol. The van der Waals surface area contributed by atoms with E-state index in [1.807, 2.05) is 37.3 Å². The lowest BCUT2D eigenvalue weighted by atomic mass is 10.1. The maximum absolute atomic E-state index is 12.4. The molecule has 24 heavy (non-hydrogen) atoms. The molecular formula is C19H22O5. The Kier molecular flexibility index (Phi) is 6.75. The van der Waals surface area contributed by atoms with Crippen LogP contribution in [0, 0.1) is 0 Å². The highest BCUT2D eigenvalue weighted by molar-refractivity contribution is 5.95. The summed E-state index contributed by atoms with van der Waals surface area (Å²) in [6.07, 6.45) is 1.34. The summed E-state index contributed by atoms with van der Waals surface area (Å²) in [6.45, 7) is 2.54. The molecule has 0 fully saturated rings. The smallest absolute Gasteiger partial charge is 0.227 e. The first-order valence-electron chi connectivity index (χ1n) is 8.01. The van der Waals surface area contributed by atoms with Crippen LogP contribution in [0.4, 0.5) is 0 Å². The quantitative estimate of drug-likeness (QED) is 0.521. The van der Waals surface area contributed by atoms with Gasteiger partial charge in [0.25, 0.3) is 0 Å². The predicted octanol–water partition coefficient (Wildman–Crippen LogP) is 3.39. The Morgan fingerprint density at radius 1 is 1.21 bits per heavy atom. The molecule has 0 saturated heterocycles. The van der Waals surface area contributed by atoms with E-state index in [2.05, 4.69) is 0 Å². The minimum absolute atomic E-state index is 0.00591. The number of hydrogen-bond acceptors (Lipinski definition) is 5. The largest absolute Gasteiger partial charge is 0.481 e. The number of hydrogen-bond donors (Lipinski definition) is 0. The third kappa shape index (κ3) is 4.80. The molecule has 0 amide bonds. The molecule has 0 atom stereocenters. The third-order valence-corrected chi connectivity index (χ3v) is 3.54. The minimum atomic E-state index is -0.330. The van der Waals surface area contributed by atoms with Gasteiger partial charge in [-0.1, -0.05) is 37.3 Å². The van der Waals surface area contributed by atoms with E-state index < -0.39 is 0 Å². The molecule has 0 spiro atoms. The number of methoxy groups -OCH3 is 1. The van der Waals surface area contributed by atoms with E-state index in [9.17, 15) is 9.59 Å². The Labute approximate surface area is 141 Å². The molecule has 128 valence electrons. The van der Waals surface area contributed by atoms with Crippen LogP contribution in [0.3, 0.4) is 0 Å². The number of ether oxygens (including phenoxy) is 2. The second-order valence-corrected chi connectivity index (χ2v) is 5.38. The monoisotopic (exact) mass is 330 g/mol. The topological polar surface area (TPSA) is 65.7 Å². The summed E-state index contributed by atoms with van der Waals surface area (Å²) in [5.74, 6) is 0.217. The van der Waals surface area contributed by atoms with E-state index in [0.717, 1.165) is 5.56 Å². The Morgan fingerprint density at radius 2 is 1.96 bits per heavy atom. The van der Waals surface area contributed by atoms with Crippen LogP contribution < -0.4 is 10.2 Å². The van der Waals surface area contributed by atoms with Gasteiger partial charge in [0.05, 0.1) is 0 Å². The van der Waals surface area contributed by atoms with Crippen molar-refractivity contribution in [1.29, 1.82) is 0 Å². The lowest BCUT2D eigenvalue weighted by Crippen LogP contribution is -2.15. The minimum Gasteiger partial charge on any atom is -0.481 e. The highest BCUT2D eigenvalue weighted by atomic mass is 16.5. The van der Waals surface area contributed by atoms with Crippen LogP contribution in [0.25, 0.3) is 0 Å². The van der Waals surface area contributed by atoms with Gasteiger partial charge in [0, 0.05) is 32.6 Å². The highest BCUT2D eigenvalue weighted by Gasteiger charge is 2.20. The lowest BCUT2D eigenvalue weighted by molar-refractivity contribution is 0.0923. The van der Waals surface area contributed by atoms with Crippen molar-refractivity contribution in [2.45, 2.75) is 32.8 Å². The summed E-state index contributed by atoms with van der Waals surface area (Å²) in [4.78, 5) is 24.7. The molecule has 0 aliphatic carbocycles. The SMILES string of the molecule is CCc1cc(=O)c(OCc2ccccc2)c(C(=O)CCCOC)o1. The zero-order valence-electron chi connectivity index (χ0n) is 14.0. The Balaban J connectivity index is 2.24. The molecule has 1 aromatic heterocycles. The second kappa shape index (κ2) is 9.03. The van der Waals surface area contributed by atoms with Crippen LogP contribution >= 0.6 is 0 Å². The molecule has 0 saturated carbocycles. The normalized spacial score (nSPS) is 10.6. The van der Waals surface area contributed by atoms with Crippen molar-refractivity contribution in [2.75, 3.05) is 13.7 Å². The Hall–Kier alpha value is -2.40. The molecule has 0 aliphatic rings. The van der Waals surface area contributed by atoms with Crippen molar-refractivity contribution in [2.24, 2.45) is 0 Å². The summed E-state index contributed by atoms with van der Waals surface area (Å²) in [7, 11) is 1.58. The molecule has 0 N–H and O–H groups in total. The van der Waals surface area contributed by atoms with Crippen LogP contribution in [0.15, 0.2) is 45.6 Å². The molecule has 0 bridgehead atoms. The Morgan fingerprint density at radius 3 is 2.62 bits per heavy atom. The van der Waals surface area contributed by atoms with E-state index in [1.165, 1.54) is 6.07 Å².